The number of carbonyl (C=O) groups is 2. The average Bonchev–Trinajstić information content (AvgIpc) is 3.15. The topological polar surface area (TPSA) is 108 Å². The molecule has 2 unspecified atom stereocenters. The van der Waals surface area contributed by atoms with Gasteiger partial charge in [0.15, 0.2) is 6.10 Å². The molecule has 1 N–H and O–H groups in total. The van der Waals surface area contributed by atoms with Gasteiger partial charge in [0, 0.05) is 12.8 Å². The zero-order chi connectivity index (χ0) is 41.4. The lowest BCUT2D eigenvalue weighted by Gasteiger charge is -2.24. The maximum absolute atomic E-state index is 12.6. The Morgan fingerprint density at radius 1 is 0.571 bits per heavy atom. The number of likely N-dealkylation sites (N-methyl/N-ethyl adjacent to an activating group) is 1. The predicted molar refractivity (Wildman–Crippen MR) is 233 cm³/mol. The van der Waals surface area contributed by atoms with E-state index < -0.39 is 32.5 Å². The third-order valence-electron chi connectivity index (χ3n) is 8.76. The SMILES string of the molecule is CC/C=C/C/C=C/C/C=C/C/C=C/C/C=C/C/C=C/CCC(=O)OC(COC(=O)CCCCCCCCCCCCCCC)COP(=O)(O)OCC[N+](C)(C)C. The highest BCUT2D eigenvalue weighted by Crippen LogP contribution is 2.43. The molecule has 0 saturated heterocycles. The second kappa shape index (κ2) is 38.0. The van der Waals surface area contributed by atoms with Crippen molar-refractivity contribution in [2.45, 2.75) is 161 Å². The summed E-state index contributed by atoms with van der Waals surface area (Å²) in [6.45, 7) is 4.20. The Morgan fingerprint density at radius 2 is 1.02 bits per heavy atom. The first-order chi connectivity index (χ1) is 27.0. The van der Waals surface area contributed by atoms with Crippen molar-refractivity contribution in [2.24, 2.45) is 0 Å². The van der Waals surface area contributed by atoms with Crippen molar-refractivity contribution in [3.8, 4) is 0 Å². The molecule has 0 aromatic carbocycles. The van der Waals surface area contributed by atoms with Crippen molar-refractivity contribution in [1.82, 2.24) is 0 Å². The molecule has 9 nitrogen and oxygen atoms in total. The fraction of sp³-hybridized carbons (Fsp3) is 0.696. The van der Waals surface area contributed by atoms with Gasteiger partial charge in [0.1, 0.15) is 19.8 Å². The first-order valence-corrected chi connectivity index (χ1v) is 23.2. The van der Waals surface area contributed by atoms with E-state index in [1.807, 2.05) is 33.3 Å². The molecule has 0 aromatic heterocycles. The van der Waals surface area contributed by atoms with E-state index in [1.54, 1.807) is 0 Å². The van der Waals surface area contributed by atoms with Gasteiger partial charge in [-0.3, -0.25) is 18.6 Å². The number of unbranched alkanes of at least 4 members (excludes halogenated alkanes) is 12. The van der Waals surface area contributed by atoms with Crippen LogP contribution in [0.1, 0.15) is 155 Å². The summed E-state index contributed by atoms with van der Waals surface area (Å²) in [4.78, 5) is 35.3. The van der Waals surface area contributed by atoms with Crippen molar-refractivity contribution < 1.29 is 42.1 Å². The van der Waals surface area contributed by atoms with Crippen LogP contribution >= 0.6 is 7.82 Å². The third-order valence-corrected chi connectivity index (χ3v) is 9.75. The van der Waals surface area contributed by atoms with Gasteiger partial charge in [-0.25, -0.2) is 4.57 Å². The molecule has 0 heterocycles. The van der Waals surface area contributed by atoms with Crippen LogP contribution in [0.2, 0.25) is 0 Å². The highest BCUT2D eigenvalue weighted by atomic mass is 31.2. The van der Waals surface area contributed by atoms with Crippen LogP contribution in [-0.4, -0.2) is 74.9 Å². The number of nitrogens with zero attached hydrogens (tertiary/aromatic N) is 1. The lowest BCUT2D eigenvalue weighted by Crippen LogP contribution is -2.37. The van der Waals surface area contributed by atoms with Gasteiger partial charge in [-0.1, -0.05) is 164 Å². The van der Waals surface area contributed by atoms with Crippen LogP contribution in [0.3, 0.4) is 0 Å². The first kappa shape index (κ1) is 53.5. The summed E-state index contributed by atoms with van der Waals surface area (Å²) in [5.74, 6) is -0.900. The summed E-state index contributed by atoms with van der Waals surface area (Å²) < 4.78 is 34.2. The minimum absolute atomic E-state index is 0.0157. The lowest BCUT2D eigenvalue weighted by molar-refractivity contribution is -0.870. The van der Waals surface area contributed by atoms with E-state index in [1.165, 1.54) is 64.2 Å². The molecule has 0 radical (unpaired) electrons. The van der Waals surface area contributed by atoms with Gasteiger partial charge in [0.2, 0.25) is 0 Å². The molecule has 0 aliphatic carbocycles. The summed E-state index contributed by atoms with van der Waals surface area (Å²) in [7, 11) is 1.42. The summed E-state index contributed by atoms with van der Waals surface area (Å²) in [5, 5.41) is 0. The smallest absolute Gasteiger partial charge is 0.462 e. The van der Waals surface area contributed by atoms with E-state index >= 15 is 0 Å². The van der Waals surface area contributed by atoms with Crippen LogP contribution in [0.4, 0.5) is 0 Å². The Hall–Kier alpha value is -2.55. The molecule has 2 atom stereocenters. The molecule has 10 heteroatoms. The summed E-state index contributed by atoms with van der Waals surface area (Å²) >= 11 is 0. The van der Waals surface area contributed by atoms with Crippen molar-refractivity contribution >= 4 is 19.8 Å². The Balaban J connectivity index is 4.51. The largest absolute Gasteiger partial charge is 0.472 e. The van der Waals surface area contributed by atoms with E-state index in [2.05, 4.69) is 74.6 Å². The molecule has 0 aliphatic heterocycles. The number of phosphoric acid groups is 1. The van der Waals surface area contributed by atoms with E-state index in [9.17, 15) is 19.0 Å². The molecular formula is C46H81NO8P+. The van der Waals surface area contributed by atoms with E-state index in [0.29, 0.717) is 17.4 Å². The van der Waals surface area contributed by atoms with E-state index in [-0.39, 0.29) is 26.1 Å². The maximum Gasteiger partial charge on any atom is 0.472 e. The van der Waals surface area contributed by atoms with Crippen molar-refractivity contribution in [3.63, 3.8) is 0 Å². The van der Waals surface area contributed by atoms with Gasteiger partial charge in [0.25, 0.3) is 0 Å². The summed E-state index contributed by atoms with van der Waals surface area (Å²) in [6.07, 6.45) is 46.8. The highest BCUT2D eigenvalue weighted by Gasteiger charge is 2.27. The molecule has 56 heavy (non-hydrogen) atoms. The number of carbonyl (C=O) groups excluding carboxylic acids is 2. The molecule has 0 aromatic rings. The number of esters is 2. The number of phosphoric ester groups is 1. The monoisotopic (exact) mass is 807 g/mol. The fourth-order valence-electron chi connectivity index (χ4n) is 5.39. The number of allylic oxidation sites excluding steroid dienone is 12. The second-order valence-electron chi connectivity index (χ2n) is 15.4. The zero-order valence-corrected chi connectivity index (χ0v) is 37.0. The van der Waals surface area contributed by atoms with E-state index in [4.69, 9.17) is 18.5 Å². The van der Waals surface area contributed by atoms with Gasteiger partial charge >= 0.3 is 19.8 Å². The minimum Gasteiger partial charge on any atom is -0.462 e. The summed E-state index contributed by atoms with van der Waals surface area (Å²) in [6, 6.07) is 0. The fourth-order valence-corrected chi connectivity index (χ4v) is 6.13. The Kier molecular flexibility index (Phi) is 36.3. The first-order valence-electron chi connectivity index (χ1n) is 21.7. The van der Waals surface area contributed by atoms with Gasteiger partial charge in [-0.2, -0.15) is 0 Å². The van der Waals surface area contributed by atoms with Gasteiger partial charge in [-0.05, 0) is 51.4 Å². The average molecular weight is 807 g/mol. The van der Waals surface area contributed by atoms with Crippen LogP contribution < -0.4 is 0 Å². The lowest BCUT2D eigenvalue weighted by atomic mass is 10.0. The van der Waals surface area contributed by atoms with Crippen molar-refractivity contribution in [3.05, 3.63) is 72.9 Å². The molecule has 0 fully saturated rings. The summed E-state index contributed by atoms with van der Waals surface area (Å²) in [5.41, 5.74) is 0. The predicted octanol–water partition coefficient (Wildman–Crippen LogP) is 12.2. The van der Waals surface area contributed by atoms with Gasteiger partial charge in [0.05, 0.1) is 27.7 Å². The molecule has 0 aliphatic rings. The highest BCUT2D eigenvalue weighted by molar-refractivity contribution is 7.47. The quantitative estimate of drug-likeness (QED) is 0.0216. The second-order valence-corrected chi connectivity index (χ2v) is 16.8. The Morgan fingerprint density at radius 3 is 1.48 bits per heavy atom. The normalized spacial score (nSPS) is 14.3. The van der Waals surface area contributed by atoms with Gasteiger partial charge < -0.3 is 18.9 Å². The Bertz CT molecular complexity index is 1180. The van der Waals surface area contributed by atoms with Crippen LogP contribution in [0, 0.1) is 0 Å². The van der Waals surface area contributed by atoms with Crippen LogP contribution in [-0.2, 0) is 32.7 Å². The van der Waals surface area contributed by atoms with Crippen molar-refractivity contribution in [2.75, 3.05) is 47.5 Å². The molecule has 0 bridgehead atoms. The third kappa shape index (κ3) is 41.1. The molecule has 0 amide bonds. The van der Waals surface area contributed by atoms with Crippen LogP contribution in [0.15, 0.2) is 72.9 Å². The van der Waals surface area contributed by atoms with E-state index in [0.717, 1.165) is 57.8 Å². The number of ether oxygens (including phenoxy) is 2. The number of hydrogen-bond donors (Lipinski definition) is 1. The number of quaternary nitrogens is 1. The Labute approximate surface area is 342 Å². The minimum atomic E-state index is -4.40. The number of rotatable bonds is 38. The standard InChI is InChI=1S/C46H80NO8P/c1-6-8-10-12-14-16-18-20-21-22-23-24-25-27-29-31-33-35-37-39-46(49)55-44(43-54-56(50,51)53-41-40-47(3,4)5)42-52-45(48)38-36-34-32-30-28-26-19-17-15-13-11-9-7-2/h8,10,14,16,20-21,23-24,27,29,33,35,44H,6-7,9,11-13,15,17-19,22,25-26,28,30-32,34,36-43H2,1-5H3/p+1/b10-8+,16-14+,21-20+,24-23+,29-27+,35-33+. The zero-order valence-electron chi connectivity index (χ0n) is 36.1. The number of hydrogen-bond acceptors (Lipinski definition) is 7. The molecule has 0 rings (SSSR count). The molecule has 0 spiro atoms. The molecule has 0 saturated carbocycles. The molecule has 322 valence electrons. The van der Waals surface area contributed by atoms with Crippen LogP contribution in [0.25, 0.3) is 0 Å². The van der Waals surface area contributed by atoms with Crippen LogP contribution in [0.5, 0.6) is 0 Å². The molecular weight excluding hydrogens is 725 g/mol. The van der Waals surface area contributed by atoms with Crippen molar-refractivity contribution in [1.29, 1.82) is 0 Å². The van der Waals surface area contributed by atoms with Gasteiger partial charge in [-0.15, -0.1) is 0 Å². The maximum atomic E-state index is 12.6.